The van der Waals surface area contributed by atoms with Crippen LogP contribution in [0.1, 0.15) is 44.7 Å². The first kappa shape index (κ1) is 12.4. The summed E-state index contributed by atoms with van der Waals surface area (Å²) in [7, 11) is 0. The minimum Gasteiger partial charge on any atom is -0.366 e. The number of hydrogen-bond donors (Lipinski definition) is 1. The Morgan fingerprint density at radius 2 is 2.18 bits per heavy atom. The fourth-order valence-corrected chi connectivity index (χ4v) is 2.50. The van der Waals surface area contributed by atoms with Gasteiger partial charge in [-0.05, 0) is 50.8 Å². The van der Waals surface area contributed by atoms with Crippen LogP contribution in [-0.2, 0) is 0 Å². The monoisotopic (exact) mass is 236 g/mol. The van der Waals surface area contributed by atoms with Gasteiger partial charge in [-0.2, -0.15) is 0 Å². The maximum Gasteiger partial charge on any atom is 0.146 e. The van der Waals surface area contributed by atoms with Gasteiger partial charge < -0.3 is 10.6 Å². The minimum absolute atomic E-state index is 0.114. The van der Waals surface area contributed by atoms with E-state index in [-0.39, 0.29) is 11.9 Å². The Balaban J connectivity index is 2.26. The normalized spacial score (nSPS) is 22.6. The SMILES string of the molecule is CC(N)c1ccc(N2CCCCC2C)c(F)c1. The molecule has 0 spiro atoms. The van der Waals surface area contributed by atoms with E-state index < -0.39 is 0 Å². The second-order valence-corrected chi connectivity index (χ2v) is 5.04. The first-order valence-electron chi connectivity index (χ1n) is 6.41. The molecule has 1 aliphatic heterocycles. The molecule has 0 aromatic heterocycles. The first-order valence-corrected chi connectivity index (χ1v) is 6.41. The second kappa shape index (κ2) is 5.05. The molecule has 2 atom stereocenters. The van der Waals surface area contributed by atoms with Crippen molar-refractivity contribution in [1.29, 1.82) is 0 Å². The van der Waals surface area contributed by atoms with Crippen LogP contribution in [0.3, 0.4) is 0 Å². The molecule has 3 heteroatoms. The van der Waals surface area contributed by atoms with Gasteiger partial charge in [-0.25, -0.2) is 4.39 Å². The molecule has 0 radical (unpaired) electrons. The van der Waals surface area contributed by atoms with Crippen LogP contribution in [0, 0.1) is 5.82 Å². The summed E-state index contributed by atoms with van der Waals surface area (Å²) in [5, 5.41) is 0. The smallest absolute Gasteiger partial charge is 0.146 e. The van der Waals surface area contributed by atoms with Gasteiger partial charge in [0.1, 0.15) is 5.82 Å². The molecule has 2 nitrogen and oxygen atoms in total. The summed E-state index contributed by atoms with van der Waals surface area (Å²) in [5.41, 5.74) is 7.34. The molecule has 1 aromatic rings. The molecule has 1 fully saturated rings. The van der Waals surface area contributed by atoms with Gasteiger partial charge in [-0.1, -0.05) is 6.07 Å². The fraction of sp³-hybridized carbons (Fsp3) is 0.571. The van der Waals surface area contributed by atoms with Crippen LogP contribution in [0.15, 0.2) is 18.2 Å². The van der Waals surface area contributed by atoms with Crippen molar-refractivity contribution >= 4 is 5.69 Å². The van der Waals surface area contributed by atoms with Gasteiger partial charge in [0.2, 0.25) is 0 Å². The zero-order chi connectivity index (χ0) is 12.4. The van der Waals surface area contributed by atoms with E-state index in [0.717, 1.165) is 30.6 Å². The largest absolute Gasteiger partial charge is 0.366 e. The van der Waals surface area contributed by atoms with Crippen LogP contribution in [0.25, 0.3) is 0 Å². The third kappa shape index (κ3) is 2.60. The Labute approximate surface area is 103 Å². The highest BCUT2D eigenvalue weighted by Crippen LogP contribution is 2.28. The maximum atomic E-state index is 14.1. The molecule has 1 aliphatic rings. The van der Waals surface area contributed by atoms with E-state index in [9.17, 15) is 4.39 Å². The topological polar surface area (TPSA) is 29.3 Å². The van der Waals surface area contributed by atoms with Crippen molar-refractivity contribution in [2.75, 3.05) is 11.4 Å². The molecule has 1 heterocycles. The molecule has 1 aromatic carbocycles. The van der Waals surface area contributed by atoms with E-state index in [0.29, 0.717) is 6.04 Å². The number of piperidine rings is 1. The van der Waals surface area contributed by atoms with Crippen LogP contribution >= 0.6 is 0 Å². The van der Waals surface area contributed by atoms with Crippen LogP contribution in [-0.4, -0.2) is 12.6 Å². The first-order chi connectivity index (χ1) is 8.09. The average molecular weight is 236 g/mol. The molecule has 2 rings (SSSR count). The second-order valence-electron chi connectivity index (χ2n) is 5.04. The van der Waals surface area contributed by atoms with Gasteiger partial charge in [0.15, 0.2) is 0 Å². The van der Waals surface area contributed by atoms with Gasteiger partial charge >= 0.3 is 0 Å². The standard InChI is InChI=1S/C14H21FN2/c1-10-5-3-4-8-17(10)14-7-6-12(11(2)16)9-13(14)15/h6-7,9-11H,3-5,8,16H2,1-2H3. The molecular weight excluding hydrogens is 215 g/mol. The van der Waals surface area contributed by atoms with E-state index >= 15 is 0 Å². The van der Waals surface area contributed by atoms with Gasteiger partial charge in [0, 0.05) is 18.6 Å². The molecule has 1 saturated heterocycles. The summed E-state index contributed by atoms with van der Waals surface area (Å²) in [6.45, 7) is 4.99. The summed E-state index contributed by atoms with van der Waals surface area (Å²) < 4.78 is 14.1. The van der Waals surface area contributed by atoms with Gasteiger partial charge in [0.25, 0.3) is 0 Å². The number of nitrogens with two attached hydrogens (primary N) is 1. The number of halogens is 1. The molecule has 0 saturated carbocycles. The lowest BCUT2D eigenvalue weighted by molar-refractivity contribution is 0.475. The molecule has 94 valence electrons. The number of anilines is 1. The number of hydrogen-bond acceptors (Lipinski definition) is 2. The van der Waals surface area contributed by atoms with Gasteiger partial charge in [0.05, 0.1) is 5.69 Å². The predicted molar refractivity (Wildman–Crippen MR) is 69.7 cm³/mol. The lowest BCUT2D eigenvalue weighted by Crippen LogP contribution is -2.38. The van der Waals surface area contributed by atoms with Crippen LogP contribution < -0.4 is 10.6 Å². The Morgan fingerprint density at radius 1 is 1.41 bits per heavy atom. The zero-order valence-electron chi connectivity index (χ0n) is 10.6. The van der Waals surface area contributed by atoms with E-state index in [1.54, 1.807) is 6.07 Å². The van der Waals surface area contributed by atoms with E-state index in [4.69, 9.17) is 5.73 Å². The van der Waals surface area contributed by atoms with Crippen molar-refractivity contribution in [2.24, 2.45) is 5.73 Å². The molecule has 2 N–H and O–H groups in total. The summed E-state index contributed by atoms with van der Waals surface area (Å²) in [4.78, 5) is 2.17. The van der Waals surface area contributed by atoms with Crippen molar-refractivity contribution in [3.63, 3.8) is 0 Å². The Hall–Kier alpha value is -1.09. The Kier molecular flexibility index (Phi) is 3.67. The lowest BCUT2D eigenvalue weighted by atomic mass is 10.0. The van der Waals surface area contributed by atoms with E-state index in [1.807, 2.05) is 19.1 Å². The van der Waals surface area contributed by atoms with Gasteiger partial charge in [-0.15, -0.1) is 0 Å². The lowest BCUT2D eigenvalue weighted by Gasteiger charge is -2.35. The summed E-state index contributed by atoms with van der Waals surface area (Å²) in [6, 6.07) is 5.69. The molecule has 0 bridgehead atoms. The van der Waals surface area contributed by atoms with E-state index in [1.165, 1.54) is 6.42 Å². The third-order valence-electron chi connectivity index (χ3n) is 3.61. The summed E-state index contributed by atoms with van der Waals surface area (Å²) >= 11 is 0. The molecule has 0 amide bonds. The Morgan fingerprint density at radius 3 is 2.76 bits per heavy atom. The molecule has 17 heavy (non-hydrogen) atoms. The molecular formula is C14H21FN2. The molecule has 0 aliphatic carbocycles. The quantitative estimate of drug-likeness (QED) is 0.854. The highest BCUT2D eigenvalue weighted by atomic mass is 19.1. The van der Waals surface area contributed by atoms with Crippen LogP contribution in [0.2, 0.25) is 0 Å². The maximum absolute atomic E-state index is 14.1. The third-order valence-corrected chi connectivity index (χ3v) is 3.61. The summed E-state index contributed by atoms with van der Waals surface area (Å²) in [5.74, 6) is -0.145. The van der Waals surface area contributed by atoms with Crippen molar-refractivity contribution in [3.05, 3.63) is 29.6 Å². The average Bonchev–Trinajstić information content (AvgIpc) is 2.30. The fourth-order valence-electron chi connectivity index (χ4n) is 2.50. The van der Waals surface area contributed by atoms with Crippen LogP contribution in [0.5, 0.6) is 0 Å². The van der Waals surface area contributed by atoms with Crippen molar-refractivity contribution in [3.8, 4) is 0 Å². The number of rotatable bonds is 2. The van der Waals surface area contributed by atoms with Crippen molar-refractivity contribution < 1.29 is 4.39 Å². The summed E-state index contributed by atoms with van der Waals surface area (Å²) in [6.07, 6.45) is 3.55. The van der Waals surface area contributed by atoms with Crippen LogP contribution in [0.4, 0.5) is 10.1 Å². The van der Waals surface area contributed by atoms with E-state index in [2.05, 4.69) is 11.8 Å². The zero-order valence-corrected chi connectivity index (χ0v) is 10.6. The Bertz CT molecular complexity index is 390. The highest BCUT2D eigenvalue weighted by molar-refractivity contribution is 5.50. The number of nitrogens with zero attached hydrogens (tertiary/aromatic N) is 1. The minimum atomic E-state index is -0.145. The highest BCUT2D eigenvalue weighted by Gasteiger charge is 2.21. The van der Waals surface area contributed by atoms with Gasteiger partial charge in [-0.3, -0.25) is 0 Å². The predicted octanol–water partition coefficient (Wildman–Crippen LogP) is 3.22. The number of benzene rings is 1. The molecule has 2 unspecified atom stereocenters. The van der Waals surface area contributed by atoms with Crippen molar-refractivity contribution in [1.82, 2.24) is 0 Å². The van der Waals surface area contributed by atoms with Crippen molar-refractivity contribution in [2.45, 2.75) is 45.2 Å².